The van der Waals surface area contributed by atoms with Crippen molar-refractivity contribution in [2.24, 2.45) is 0 Å². The number of hydrogen-bond donors (Lipinski definition) is 0. The molecule has 2 amide bonds. The summed E-state index contributed by atoms with van der Waals surface area (Å²) in [5.41, 5.74) is 2.32. The zero-order valence-electron chi connectivity index (χ0n) is 21.9. The van der Waals surface area contributed by atoms with Crippen LogP contribution in [0.3, 0.4) is 0 Å². The topological polar surface area (TPSA) is 49.9 Å². The van der Waals surface area contributed by atoms with Crippen LogP contribution in [0, 0.1) is 5.82 Å². The van der Waals surface area contributed by atoms with Gasteiger partial charge in [-0.15, -0.1) is 11.3 Å². The average molecular weight is 523 g/mol. The van der Waals surface area contributed by atoms with Crippen LogP contribution >= 0.6 is 11.3 Å². The van der Waals surface area contributed by atoms with Crippen molar-refractivity contribution < 1.29 is 18.7 Å². The molecule has 2 atom stereocenters. The second-order valence-electron chi connectivity index (χ2n) is 9.86. The molecule has 196 valence electrons. The average Bonchev–Trinajstić information content (AvgIpc) is 3.39. The number of carbonyl (C=O) groups excluding carboxylic acids is 2. The van der Waals surface area contributed by atoms with Gasteiger partial charge in [0.15, 0.2) is 0 Å². The number of rotatable bonds is 9. The number of hydrogen-bond acceptors (Lipinski definition) is 4. The van der Waals surface area contributed by atoms with Crippen molar-refractivity contribution >= 4 is 23.2 Å². The van der Waals surface area contributed by atoms with Crippen molar-refractivity contribution in [2.45, 2.75) is 58.5 Å². The molecule has 0 radical (unpaired) electrons. The van der Waals surface area contributed by atoms with E-state index < -0.39 is 11.7 Å². The molecular weight excluding hydrogens is 487 g/mol. The number of thiophene rings is 1. The van der Waals surface area contributed by atoms with Crippen molar-refractivity contribution in [3.8, 4) is 5.75 Å². The van der Waals surface area contributed by atoms with E-state index in [0.717, 1.165) is 17.7 Å². The third-order valence-corrected chi connectivity index (χ3v) is 8.16. The number of ether oxygens (including phenoxy) is 1. The molecule has 2 aromatic carbocycles. The van der Waals surface area contributed by atoms with Crippen molar-refractivity contribution in [3.05, 3.63) is 87.4 Å². The zero-order chi connectivity index (χ0) is 26.5. The van der Waals surface area contributed by atoms with Crippen molar-refractivity contribution in [1.29, 1.82) is 0 Å². The Morgan fingerprint density at radius 2 is 1.84 bits per heavy atom. The quantitative estimate of drug-likeness (QED) is 0.324. The monoisotopic (exact) mass is 522 g/mol. The summed E-state index contributed by atoms with van der Waals surface area (Å²) in [6.07, 6.45) is 1.42. The van der Waals surface area contributed by atoms with E-state index in [2.05, 4.69) is 37.4 Å². The van der Waals surface area contributed by atoms with Gasteiger partial charge in [-0.1, -0.05) is 45.0 Å². The third kappa shape index (κ3) is 6.04. The van der Waals surface area contributed by atoms with Crippen LogP contribution in [0.5, 0.6) is 5.75 Å². The maximum absolute atomic E-state index is 14.4. The summed E-state index contributed by atoms with van der Waals surface area (Å²) in [7, 11) is 0. The molecule has 0 saturated heterocycles. The van der Waals surface area contributed by atoms with Gasteiger partial charge in [-0.3, -0.25) is 9.59 Å². The Bertz CT molecular complexity index is 1220. The van der Waals surface area contributed by atoms with Crippen LogP contribution in [0.1, 0.15) is 72.4 Å². The molecule has 1 aliphatic heterocycles. The lowest BCUT2D eigenvalue weighted by atomic mass is 10.00. The number of benzene rings is 2. The molecule has 1 aromatic heterocycles. The lowest BCUT2D eigenvalue weighted by molar-refractivity contribution is -0.136. The lowest BCUT2D eigenvalue weighted by Crippen LogP contribution is -2.50. The van der Waals surface area contributed by atoms with Crippen LogP contribution in [-0.4, -0.2) is 47.4 Å². The molecule has 7 heteroatoms. The summed E-state index contributed by atoms with van der Waals surface area (Å²) >= 11 is 1.70. The Hall–Kier alpha value is -3.19. The molecule has 0 aliphatic carbocycles. The van der Waals surface area contributed by atoms with E-state index in [1.54, 1.807) is 23.5 Å². The Kier molecular flexibility index (Phi) is 8.64. The molecular formula is C30H35FN2O3S. The maximum atomic E-state index is 14.4. The van der Waals surface area contributed by atoms with Crippen LogP contribution in [0.15, 0.2) is 60.0 Å². The Balaban J connectivity index is 1.54. The predicted octanol–water partition coefficient (Wildman–Crippen LogP) is 6.46. The first-order valence-corrected chi connectivity index (χ1v) is 13.8. The molecule has 37 heavy (non-hydrogen) atoms. The summed E-state index contributed by atoms with van der Waals surface area (Å²) in [4.78, 5) is 31.6. The fourth-order valence-electron chi connectivity index (χ4n) is 4.67. The lowest BCUT2D eigenvalue weighted by Gasteiger charge is -2.38. The van der Waals surface area contributed by atoms with Gasteiger partial charge >= 0.3 is 0 Å². The Labute approximate surface area is 222 Å². The minimum absolute atomic E-state index is 0.0147. The van der Waals surface area contributed by atoms with E-state index in [1.807, 2.05) is 30.9 Å². The van der Waals surface area contributed by atoms with Gasteiger partial charge in [0.25, 0.3) is 5.91 Å². The van der Waals surface area contributed by atoms with Crippen molar-refractivity contribution in [3.63, 3.8) is 0 Å². The molecule has 0 saturated carbocycles. The van der Waals surface area contributed by atoms with Crippen LogP contribution in [0.4, 0.5) is 4.39 Å². The maximum Gasteiger partial charge on any atom is 0.257 e. The normalized spacial score (nSPS) is 15.8. The Morgan fingerprint density at radius 1 is 1.11 bits per heavy atom. The number of nitrogens with zero attached hydrogens (tertiary/aromatic N) is 2. The molecule has 5 nitrogen and oxygen atoms in total. The number of carbonyl (C=O) groups is 2. The number of halogens is 1. The summed E-state index contributed by atoms with van der Waals surface area (Å²) in [6.45, 7) is 8.91. The van der Waals surface area contributed by atoms with Crippen LogP contribution in [0.25, 0.3) is 0 Å². The highest BCUT2D eigenvalue weighted by Gasteiger charge is 2.34. The summed E-state index contributed by atoms with van der Waals surface area (Å²) in [6, 6.07) is 15.6. The molecule has 0 unspecified atom stereocenters. The van der Waals surface area contributed by atoms with E-state index >= 15 is 0 Å². The Morgan fingerprint density at radius 3 is 2.51 bits per heavy atom. The fraction of sp³-hybridized carbons (Fsp3) is 0.400. The van der Waals surface area contributed by atoms with E-state index in [4.69, 9.17) is 4.74 Å². The highest BCUT2D eigenvalue weighted by Crippen LogP contribution is 2.34. The molecule has 0 fully saturated rings. The largest absolute Gasteiger partial charge is 0.491 e. The predicted molar refractivity (Wildman–Crippen MR) is 146 cm³/mol. The first-order valence-electron chi connectivity index (χ1n) is 12.9. The van der Waals surface area contributed by atoms with Gasteiger partial charge in [-0.2, -0.15) is 0 Å². The second-order valence-corrected chi connectivity index (χ2v) is 10.9. The number of amides is 2. The first kappa shape index (κ1) is 26.9. The fourth-order valence-corrected chi connectivity index (χ4v) is 5.60. The van der Waals surface area contributed by atoms with Gasteiger partial charge in [0, 0.05) is 17.5 Å². The van der Waals surface area contributed by atoms with E-state index in [-0.39, 0.29) is 30.1 Å². The highest BCUT2D eigenvalue weighted by molar-refractivity contribution is 7.10. The van der Waals surface area contributed by atoms with Gasteiger partial charge in [0.2, 0.25) is 5.91 Å². The molecule has 0 spiro atoms. The summed E-state index contributed by atoms with van der Waals surface area (Å²) in [5.74, 6) is -0.00825. The minimum Gasteiger partial charge on any atom is -0.491 e. The molecule has 2 heterocycles. The molecule has 0 bridgehead atoms. The highest BCUT2D eigenvalue weighted by atomic mass is 32.1. The van der Waals surface area contributed by atoms with Crippen molar-refractivity contribution in [2.75, 3.05) is 19.7 Å². The van der Waals surface area contributed by atoms with Crippen LogP contribution in [-0.2, 0) is 11.2 Å². The number of fused-ring (bicyclic) bond motifs is 1. The van der Waals surface area contributed by atoms with Gasteiger partial charge in [0.05, 0.1) is 11.6 Å². The first-order chi connectivity index (χ1) is 17.8. The molecule has 0 N–H and O–H groups in total. The SMILES string of the molecule is CC[C@@H](C)N(CC(=O)N1CCc2sccc2[C@@H]1COc1ccc(C(C)C)cc1)C(=O)c1ccccc1F. The van der Waals surface area contributed by atoms with Crippen molar-refractivity contribution in [1.82, 2.24) is 9.80 Å². The van der Waals surface area contributed by atoms with Gasteiger partial charge in [0.1, 0.15) is 24.7 Å². The van der Waals surface area contributed by atoms with E-state index in [1.165, 1.54) is 27.5 Å². The standard InChI is InChI=1S/C30H35FN2O3S/c1-5-21(4)33(30(35)24-8-6-7-9-26(24)31)18-29(34)32-16-14-28-25(15-17-37-28)27(32)19-36-23-12-10-22(11-13-23)20(2)3/h6-13,15,17,20-21,27H,5,14,16,18-19H2,1-4H3/t21-,27+/m1/s1. The smallest absolute Gasteiger partial charge is 0.257 e. The van der Waals surface area contributed by atoms with Crippen LogP contribution in [0.2, 0.25) is 0 Å². The third-order valence-electron chi connectivity index (χ3n) is 7.16. The van der Waals surface area contributed by atoms with Gasteiger partial charge in [-0.25, -0.2) is 4.39 Å². The summed E-state index contributed by atoms with van der Waals surface area (Å²) in [5, 5.41) is 2.05. The van der Waals surface area contributed by atoms with Gasteiger partial charge in [-0.05, 0) is 72.5 Å². The molecule has 1 aliphatic rings. The van der Waals surface area contributed by atoms with Crippen LogP contribution < -0.4 is 4.74 Å². The van der Waals surface area contributed by atoms with E-state index in [9.17, 15) is 14.0 Å². The zero-order valence-corrected chi connectivity index (χ0v) is 22.8. The minimum atomic E-state index is -0.580. The summed E-state index contributed by atoms with van der Waals surface area (Å²) < 4.78 is 20.6. The van der Waals surface area contributed by atoms with Gasteiger partial charge < -0.3 is 14.5 Å². The second kappa shape index (κ2) is 11.9. The molecule has 4 rings (SSSR count). The molecule has 3 aromatic rings. The van der Waals surface area contributed by atoms with E-state index in [0.29, 0.717) is 25.5 Å².